The van der Waals surface area contributed by atoms with Crippen LogP contribution >= 0.6 is 15.9 Å². The third kappa shape index (κ3) is 2.09. The van der Waals surface area contributed by atoms with Crippen LogP contribution in [0, 0.1) is 6.92 Å². The molecule has 0 saturated heterocycles. The molecule has 0 bridgehead atoms. The number of nitrogen functional groups attached to an aromatic ring is 1. The zero-order valence-electron chi connectivity index (χ0n) is 11.0. The summed E-state index contributed by atoms with van der Waals surface area (Å²) in [6.07, 6.45) is 0. The van der Waals surface area contributed by atoms with Gasteiger partial charge in [0.05, 0.1) is 16.7 Å². The molecule has 4 nitrogen and oxygen atoms in total. The van der Waals surface area contributed by atoms with Gasteiger partial charge in [-0.1, -0.05) is 6.07 Å². The molecular weight excluding hydrogens is 318 g/mol. The maximum absolute atomic E-state index is 9.58. The van der Waals surface area contributed by atoms with Gasteiger partial charge in [0.2, 0.25) is 0 Å². The zero-order chi connectivity index (χ0) is 14.3. The zero-order valence-corrected chi connectivity index (χ0v) is 12.6. The number of aromatic nitrogens is 2. The second-order valence-electron chi connectivity index (χ2n) is 4.72. The minimum Gasteiger partial charge on any atom is -0.399 e. The Balaban J connectivity index is 2.37. The molecule has 0 atom stereocenters. The van der Waals surface area contributed by atoms with E-state index < -0.39 is 0 Å². The Morgan fingerprint density at radius 1 is 1.25 bits per heavy atom. The summed E-state index contributed by atoms with van der Waals surface area (Å²) in [6.45, 7) is 1.90. The predicted molar refractivity (Wildman–Crippen MR) is 83.8 cm³/mol. The van der Waals surface area contributed by atoms with Crippen molar-refractivity contribution in [2.24, 2.45) is 0 Å². The van der Waals surface area contributed by atoms with Crippen LogP contribution in [0.2, 0.25) is 0 Å². The van der Waals surface area contributed by atoms with Crippen LogP contribution in [0.4, 0.5) is 5.69 Å². The van der Waals surface area contributed by atoms with Gasteiger partial charge in [-0.2, -0.15) is 0 Å². The highest BCUT2D eigenvalue weighted by Crippen LogP contribution is 2.29. The van der Waals surface area contributed by atoms with Crippen molar-refractivity contribution in [2.45, 2.75) is 13.5 Å². The molecule has 2 aromatic carbocycles. The molecule has 1 heterocycles. The molecule has 0 unspecified atom stereocenters. The molecule has 3 rings (SSSR count). The van der Waals surface area contributed by atoms with Gasteiger partial charge in [0.1, 0.15) is 12.4 Å². The van der Waals surface area contributed by atoms with E-state index in [9.17, 15) is 5.11 Å². The van der Waals surface area contributed by atoms with Crippen molar-refractivity contribution < 1.29 is 5.11 Å². The van der Waals surface area contributed by atoms with E-state index in [1.807, 2.05) is 41.8 Å². The normalized spacial score (nSPS) is 11.2. The van der Waals surface area contributed by atoms with Crippen molar-refractivity contribution in [3.8, 4) is 5.69 Å². The van der Waals surface area contributed by atoms with Crippen molar-refractivity contribution in [1.29, 1.82) is 0 Å². The average molecular weight is 332 g/mol. The average Bonchev–Trinajstić information content (AvgIpc) is 2.78. The molecule has 0 amide bonds. The van der Waals surface area contributed by atoms with Crippen molar-refractivity contribution >= 4 is 32.7 Å². The van der Waals surface area contributed by atoms with Gasteiger partial charge >= 0.3 is 0 Å². The Hall–Kier alpha value is -1.85. The molecular formula is C15H14BrN3O. The molecule has 0 aliphatic heterocycles. The van der Waals surface area contributed by atoms with E-state index in [2.05, 4.69) is 27.0 Å². The number of fused-ring (bicyclic) bond motifs is 1. The van der Waals surface area contributed by atoms with Gasteiger partial charge in [-0.25, -0.2) is 4.98 Å². The van der Waals surface area contributed by atoms with Crippen LogP contribution in [0.15, 0.2) is 40.9 Å². The van der Waals surface area contributed by atoms with E-state index >= 15 is 0 Å². The lowest BCUT2D eigenvalue weighted by Crippen LogP contribution is -2.02. The van der Waals surface area contributed by atoms with Gasteiger partial charge in [-0.05, 0) is 58.7 Å². The fourth-order valence-electron chi connectivity index (χ4n) is 2.32. The number of imidazole rings is 1. The van der Waals surface area contributed by atoms with Gasteiger partial charge in [-0.15, -0.1) is 0 Å². The minimum atomic E-state index is -0.130. The maximum atomic E-state index is 9.58. The molecule has 0 aliphatic carbocycles. The lowest BCUT2D eigenvalue weighted by atomic mass is 10.2. The third-order valence-corrected chi connectivity index (χ3v) is 3.90. The largest absolute Gasteiger partial charge is 0.399 e. The van der Waals surface area contributed by atoms with Crippen LogP contribution in [0.25, 0.3) is 16.7 Å². The summed E-state index contributed by atoms with van der Waals surface area (Å²) in [4.78, 5) is 4.45. The van der Waals surface area contributed by atoms with Crippen molar-refractivity contribution in [2.75, 3.05) is 5.73 Å². The predicted octanol–water partition coefficient (Wildman–Crippen LogP) is 3.17. The number of aliphatic hydroxyl groups is 1. The first-order valence-electron chi connectivity index (χ1n) is 6.24. The molecule has 0 spiro atoms. The van der Waals surface area contributed by atoms with E-state index in [0.717, 1.165) is 26.8 Å². The summed E-state index contributed by atoms with van der Waals surface area (Å²) in [5.74, 6) is 0.594. The summed E-state index contributed by atoms with van der Waals surface area (Å²) in [5.41, 5.74) is 10.3. The second-order valence-corrected chi connectivity index (χ2v) is 5.58. The number of hydrogen-bond donors (Lipinski definition) is 2. The van der Waals surface area contributed by atoms with E-state index in [4.69, 9.17) is 5.73 Å². The van der Waals surface area contributed by atoms with E-state index in [1.54, 1.807) is 0 Å². The molecule has 0 aliphatic rings. The molecule has 1 aromatic heterocycles. The first-order valence-corrected chi connectivity index (χ1v) is 7.03. The Bertz CT molecular complexity index is 795. The smallest absolute Gasteiger partial charge is 0.140 e. The topological polar surface area (TPSA) is 64.1 Å². The van der Waals surface area contributed by atoms with Crippen molar-refractivity contribution in [3.05, 3.63) is 52.3 Å². The van der Waals surface area contributed by atoms with Gasteiger partial charge in [0.15, 0.2) is 0 Å². The summed E-state index contributed by atoms with van der Waals surface area (Å²) in [6, 6.07) is 11.7. The van der Waals surface area contributed by atoms with Gasteiger partial charge < -0.3 is 10.8 Å². The number of anilines is 1. The number of aliphatic hydroxyl groups excluding tert-OH is 1. The number of hydrogen-bond acceptors (Lipinski definition) is 3. The molecule has 20 heavy (non-hydrogen) atoms. The van der Waals surface area contributed by atoms with Gasteiger partial charge in [-0.3, -0.25) is 4.57 Å². The molecule has 102 valence electrons. The molecule has 3 aromatic rings. The van der Waals surface area contributed by atoms with Gasteiger partial charge in [0.25, 0.3) is 0 Å². The summed E-state index contributed by atoms with van der Waals surface area (Å²) < 4.78 is 2.90. The lowest BCUT2D eigenvalue weighted by Gasteiger charge is -2.11. The number of nitrogens with two attached hydrogens (primary N) is 1. The van der Waals surface area contributed by atoms with Crippen LogP contribution in [0.3, 0.4) is 0 Å². The van der Waals surface area contributed by atoms with E-state index in [-0.39, 0.29) is 6.61 Å². The summed E-state index contributed by atoms with van der Waals surface area (Å²) in [5, 5.41) is 9.58. The highest BCUT2D eigenvalue weighted by Gasteiger charge is 2.14. The molecule has 0 fully saturated rings. The fourth-order valence-corrected chi connectivity index (χ4v) is 2.74. The van der Waals surface area contributed by atoms with Crippen molar-refractivity contribution in [1.82, 2.24) is 9.55 Å². The molecule has 0 radical (unpaired) electrons. The summed E-state index contributed by atoms with van der Waals surface area (Å²) >= 11 is 3.56. The standard InChI is InChI=1S/C15H14BrN3O/c1-9-2-4-11(16)14(6-9)19-13-5-3-10(17)7-12(13)18-15(19)8-20/h2-7,20H,8,17H2,1H3. The quantitative estimate of drug-likeness (QED) is 0.709. The van der Waals surface area contributed by atoms with Crippen LogP contribution < -0.4 is 5.73 Å². The number of benzene rings is 2. The van der Waals surface area contributed by atoms with Crippen LogP contribution in [0.5, 0.6) is 0 Å². The first-order chi connectivity index (χ1) is 9.60. The highest BCUT2D eigenvalue weighted by atomic mass is 79.9. The van der Waals surface area contributed by atoms with Crippen LogP contribution in [0.1, 0.15) is 11.4 Å². The highest BCUT2D eigenvalue weighted by molar-refractivity contribution is 9.10. The lowest BCUT2D eigenvalue weighted by molar-refractivity contribution is 0.270. The molecule has 0 saturated carbocycles. The fraction of sp³-hybridized carbons (Fsp3) is 0.133. The van der Waals surface area contributed by atoms with Crippen molar-refractivity contribution in [3.63, 3.8) is 0 Å². The number of nitrogens with zero attached hydrogens (tertiary/aromatic N) is 2. The van der Waals surface area contributed by atoms with Gasteiger partial charge in [0, 0.05) is 10.2 Å². The third-order valence-electron chi connectivity index (χ3n) is 3.23. The minimum absolute atomic E-state index is 0.130. The van der Waals surface area contributed by atoms with Crippen LogP contribution in [-0.2, 0) is 6.61 Å². The number of aryl methyl sites for hydroxylation is 1. The first kappa shape index (κ1) is 13.1. The number of rotatable bonds is 2. The summed E-state index contributed by atoms with van der Waals surface area (Å²) in [7, 11) is 0. The van der Waals surface area contributed by atoms with E-state index in [0.29, 0.717) is 11.5 Å². The SMILES string of the molecule is Cc1ccc(Br)c(-n2c(CO)nc3cc(N)ccc32)c1. The molecule has 5 heteroatoms. The Morgan fingerprint density at radius 3 is 2.80 bits per heavy atom. The monoisotopic (exact) mass is 331 g/mol. The van der Waals surface area contributed by atoms with E-state index in [1.165, 1.54) is 0 Å². The molecule has 3 N–H and O–H groups in total. The van der Waals surface area contributed by atoms with Crippen LogP contribution in [-0.4, -0.2) is 14.7 Å². The Labute approximate surface area is 125 Å². The maximum Gasteiger partial charge on any atom is 0.140 e. The second kappa shape index (κ2) is 4.92. The number of halogens is 1. The Morgan fingerprint density at radius 2 is 2.05 bits per heavy atom. The Kier molecular flexibility index (Phi) is 3.23.